The Labute approximate surface area is 121 Å². The fourth-order valence-corrected chi connectivity index (χ4v) is 3.07. The van der Waals surface area contributed by atoms with E-state index in [1.807, 2.05) is 6.92 Å². The van der Waals surface area contributed by atoms with E-state index in [4.69, 9.17) is 9.47 Å². The summed E-state index contributed by atoms with van der Waals surface area (Å²) in [7, 11) is 0. The molecule has 0 radical (unpaired) electrons. The number of aromatic nitrogens is 2. The second-order valence-electron chi connectivity index (χ2n) is 4.48. The summed E-state index contributed by atoms with van der Waals surface area (Å²) in [6.45, 7) is 4.64. The summed E-state index contributed by atoms with van der Waals surface area (Å²) >= 11 is 1.41. The average molecular weight is 298 g/mol. The molecule has 6 nitrogen and oxygen atoms in total. The molecular formula is C13H18N2O4S. The first kappa shape index (κ1) is 15.2. The molecule has 7 heteroatoms. The summed E-state index contributed by atoms with van der Waals surface area (Å²) in [5.74, 6) is 0.354. The standard InChI is InChI=1S/C13H18N2O4S/c1-3-10-14-8(2)11(13(16)17)12(15-10)20-6-9-4-5-18-7-19-9/h9H,3-7H2,1-2H3,(H,16,17). The highest BCUT2D eigenvalue weighted by molar-refractivity contribution is 7.99. The van der Waals surface area contributed by atoms with Crippen molar-refractivity contribution in [1.29, 1.82) is 0 Å². The van der Waals surface area contributed by atoms with Gasteiger partial charge in [0.25, 0.3) is 0 Å². The van der Waals surface area contributed by atoms with Gasteiger partial charge in [0.05, 0.1) is 18.4 Å². The number of aromatic carboxylic acids is 1. The predicted octanol–water partition coefficient (Wildman–Crippen LogP) is 1.90. The van der Waals surface area contributed by atoms with E-state index in [0.717, 1.165) is 6.42 Å². The largest absolute Gasteiger partial charge is 0.478 e. The molecule has 0 aliphatic carbocycles. The Morgan fingerprint density at radius 1 is 1.50 bits per heavy atom. The Bertz CT molecular complexity index is 490. The monoisotopic (exact) mass is 298 g/mol. The van der Waals surface area contributed by atoms with Gasteiger partial charge < -0.3 is 14.6 Å². The van der Waals surface area contributed by atoms with E-state index in [1.54, 1.807) is 6.92 Å². The lowest BCUT2D eigenvalue weighted by Crippen LogP contribution is -2.25. The van der Waals surface area contributed by atoms with Crippen LogP contribution in [0.15, 0.2) is 5.03 Å². The van der Waals surface area contributed by atoms with Crippen LogP contribution >= 0.6 is 11.8 Å². The molecule has 1 aromatic rings. The summed E-state index contributed by atoms with van der Waals surface area (Å²) in [5, 5.41) is 9.83. The fourth-order valence-electron chi connectivity index (χ4n) is 1.92. The van der Waals surface area contributed by atoms with E-state index in [2.05, 4.69) is 9.97 Å². The molecule has 0 aromatic carbocycles. The summed E-state index contributed by atoms with van der Waals surface area (Å²) in [5.41, 5.74) is 0.707. The highest BCUT2D eigenvalue weighted by Crippen LogP contribution is 2.25. The third-order valence-corrected chi connectivity index (χ3v) is 4.12. The third kappa shape index (κ3) is 3.68. The van der Waals surface area contributed by atoms with Crippen molar-refractivity contribution in [1.82, 2.24) is 9.97 Å². The summed E-state index contributed by atoms with van der Waals surface area (Å²) in [6.07, 6.45) is 1.58. The lowest BCUT2D eigenvalue weighted by molar-refractivity contribution is -0.130. The molecule has 1 aliphatic rings. The molecular weight excluding hydrogens is 280 g/mol. The Morgan fingerprint density at radius 2 is 2.30 bits per heavy atom. The normalized spacial score (nSPS) is 19.0. The zero-order chi connectivity index (χ0) is 14.5. The van der Waals surface area contributed by atoms with Crippen LogP contribution < -0.4 is 0 Å². The zero-order valence-corrected chi connectivity index (χ0v) is 12.4. The molecule has 20 heavy (non-hydrogen) atoms. The van der Waals surface area contributed by atoms with Crippen LogP contribution in [-0.4, -0.2) is 46.3 Å². The molecule has 1 fully saturated rings. The first-order valence-electron chi connectivity index (χ1n) is 6.54. The lowest BCUT2D eigenvalue weighted by Gasteiger charge is -2.22. The number of nitrogens with zero attached hydrogens (tertiary/aromatic N) is 2. The van der Waals surface area contributed by atoms with Crippen LogP contribution in [0, 0.1) is 6.92 Å². The number of ether oxygens (including phenoxy) is 2. The first-order chi connectivity index (χ1) is 9.61. The van der Waals surface area contributed by atoms with Crippen LogP contribution in [0.4, 0.5) is 0 Å². The van der Waals surface area contributed by atoms with Crippen LogP contribution in [0.25, 0.3) is 0 Å². The number of carboxylic acids is 1. The number of hydrogen-bond donors (Lipinski definition) is 1. The van der Waals surface area contributed by atoms with Crippen LogP contribution in [-0.2, 0) is 15.9 Å². The van der Waals surface area contributed by atoms with Gasteiger partial charge in [-0.3, -0.25) is 0 Å². The minimum Gasteiger partial charge on any atom is -0.478 e. The quantitative estimate of drug-likeness (QED) is 0.656. The van der Waals surface area contributed by atoms with Gasteiger partial charge in [-0.2, -0.15) is 0 Å². The molecule has 2 rings (SSSR count). The average Bonchev–Trinajstić information content (AvgIpc) is 2.45. The smallest absolute Gasteiger partial charge is 0.340 e. The van der Waals surface area contributed by atoms with Crippen molar-refractivity contribution in [3.63, 3.8) is 0 Å². The third-order valence-electron chi connectivity index (χ3n) is 3.01. The maximum absolute atomic E-state index is 11.3. The first-order valence-corrected chi connectivity index (χ1v) is 7.53. The van der Waals surface area contributed by atoms with Gasteiger partial charge in [-0.25, -0.2) is 14.8 Å². The molecule has 1 atom stereocenters. The van der Waals surface area contributed by atoms with E-state index < -0.39 is 5.97 Å². The molecule has 1 unspecified atom stereocenters. The molecule has 1 aliphatic heterocycles. The van der Waals surface area contributed by atoms with Crippen molar-refractivity contribution >= 4 is 17.7 Å². The Hall–Kier alpha value is -1.18. The van der Waals surface area contributed by atoms with Crippen LogP contribution in [0.2, 0.25) is 0 Å². The minimum absolute atomic E-state index is 0.0794. The molecule has 1 aromatic heterocycles. The Morgan fingerprint density at radius 3 is 2.90 bits per heavy atom. The van der Waals surface area contributed by atoms with Gasteiger partial charge in [0.15, 0.2) is 0 Å². The van der Waals surface area contributed by atoms with Gasteiger partial charge in [0.1, 0.15) is 23.2 Å². The van der Waals surface area contributed by atoms with Crippen molar-refractivity contribution in [2.45, 2.75) is 37.8 Å². The zero-order valence-electron chi connectivity index (χ0n) is 11.6. The molecule has 0 bridgehead atoms. The number of aryl methyl sites for hydroxylation is 2. The number of carbonyl (C=O) groups is 1. The lowest BCUT2D eigenvalue weighted by atomic mass is 10.2. The van der Waals surface area contributed by atoms with E-state index >= 15 is 0 Å². The fraction of sp³-hybridized carbons (Fsp3) is 0.615. The topological polar surface area (TPSA) is 81.5 Å². The van der Waals surface area contributed by atoms with Crippen LogP contribution in [0.3, 0.4) is 0 Å². The van der Waals surface area contributed by atoms with Gasteiger partial charge in [-0.15, -0.1) is 11.8 Å². The summed E-state index contributed by atoms with van der Waals surface area (Å²) in [6, 6.07) is 0. The van der Waals surface area contributed by atoms with E-state index in [9.17, 15) is 9.90 Å². The molecule has 0 saturated carbocycles. The molecule has 0 spiro atoms. The molecule has 2 heterocycles. The van der Waals surface area contributed by atoms with Gasteiger partial charge in [-0.05, 0) is 13.3 Å². The number of rotatable bonds is 5. The van der Waals surface area contributed by atoms with Gasteiger partial charge in [-0.1, -0.05) is 6.92 Å². The Kier molecular flexibility index (Phi) is 5.33. The van der Waals surface area contributed by atoms with E-state index in [-0.39, 0.29) is 11.7 Å². The second-order valence-corrected chi connectivity index (χ2v) is 5.49. The number of hydrogen-bond acceptors (Lipinski definition) is 6. The van der Waals surface area contributed by atoms with Crippen molar-refractivity contribution in [2.75, 3.05) is 19.2 Å². The number of carboxylic acid groups (broad SMARTS) is 1. The van der Waals surface area contributed by atoms with Crippen molar-refractivity contribution < 1.29 is 19.4 Å². The minimum atomic E-state index is -0.986. The van der Waals surface area contributed by atoms with Gasteiger partial charge in [0.2, 0.25) is 0 Å². The summed E-state index contributed by atoms with van der Waals surface area (Å²) < 4.78 is 10.6. The molecule has 0 amide bonds. The van der Waals surface area contributed by atoms with Crippen LogP contribution in [0.5, 0.6) is 0 Å². The molecule has 110 valence electrons. The maximum Gasteiger partial charge on any atom is 0.340 e. The number of thioether (sulfide) groups is 1. The maximum atomic E-state index is 11.3. The highest BCUT2D eigenvalue weighted by atomic mass is 32.2. The van der Waals surface area contributed by atoms with Crippen LogP contribution in [0.1, 0.15) is 35.2 Å². The van der Waals surface area contributed by atoms with E-state index in [0.29, 0.717) is 42.1 Å². The molecule has 1 N–H and O–H groups in total. The Balaban J connectivity index is 2.15. The van der Waals surface area contributed by atoms with Gasteiger partial charge in [0, 0.05) is 12.2 Å². The van der Waals surface area contributed by atoms with Gasteiger partial charge >= 0.3 is 5.97 Å². The predicted molar refractivity (Wildman–Crippen MR) is 74.1 cm³/mol. The van der Waals surface area contributed by atoms with Crippen molar-refractivity contribution in [2.24, 2.45) is 0 Å². The SMILES string of the molecule is CCc1nc(C)c(C(=O)O)c(SCC2CCOCO2)n1. The molecule has 1 saturated heterocycles. The van der Waals surface area contributed by atoms with E-state index in [1.165, 1.54) is 11.8 Å². The van der Waals surface area contributed by atoms with Crippen molar-refractivity contribution in [3.05, 3.63) is 17.1 Å². The van der Waals surface area contributed by atoms with Crippen molar-refractivity contribution in [3.8, 4) is 0 Å². The summed E-state index contributed by atoms with van der Waals surface area (Å²) in [4.78, 5) is 19.9. The second kappa shape index (κ2) is 7.01. The highest BCUT2D eigenvalue weighted by Gasteiger charge is 2.21.